The number of hydrogen-bond acceptors (Lipinski definition) is 3. The van der Waals surface area contributed by atoms with Gasteiger partial charge in [-0.25, -0.2) is 0 Å². The minimum absolute atomic E-state index is 0.159. The fraction of sp³-hybridized carbons (Fsp3) is 0.900. The predicted octanol–water partition coefficient (Wildman–Crippen LogP) is 1.51. The third-order valence-electron chi connectivity index (χ3n) is 3.07. The van der Waals surface area contributed by atoms with E-state index < -0.39 is 5.79 Å². The van der Waals surface area contributed by atoms with E-state index in [0.29, 0.717) is 25.4 Å². The van der Waals surface area contributed by atoms with Crippen LogP contribution in [-0.2, 0) is 14.3 Å². The summed E-state index contributed by atoms with van der Waals surface area (Å²) in [5.74, 6) is 0.147. The minimum Gasteiger partial charge on any atom is -0.347 e. The summed E-state index contributed by atoms with van der Waals surface area (Å²) in [4.78, 5) is 11.5. The van der Waals surface area contributed by atoms with Gasteiger partial charge < -0.3 is 9.47 Å². The molecule has 1 spiro atoms. The Labute approximate surface area is 78.4 Å². The molecular weight excluding hydrogens is 168 g/mol. The van der Waals surface area contributed by atoms with Gasteiger partial charge in [0, 0.05) is 25.2 Å². The predicted molar refractivity (Wildman–Crippen MR) is 47.3 cm³/mol. The van der Waals surface area contributed by atoms with Crippen molar-refractivity contribution in [2.75, 3.05) is 13.2 Å². The highest BCUT2D eigenvalue weighted by Crippen LogP contribution is 2.38. The van der Waals surface area contributed by atoms with Crippen LogP contribution in [0.1, 0.15) is 32.6 Å². The third kappa shape index (κ3) is 1.63. The molecule has 0 N–H and O–H groups in total. The smallest absolute Gasteiger partial charge is 0.169 e. The second kappa shape index (κ2) is 3.39. The summed E-state index contributed by atoms with van der Waals surface area (Å²) in [6.45, 7) is 3.42. The van der Waals surface area contributed by atoms with Gasteiger partial charge in [-0.05, 0) is 6.42 Å². The highest BCUT2D eigenvalue weighted by molar-refractivity contribution is 5.81. The molecule has 1 unspecified atom stereocenters. The van der Waals surface area contributed by atoms with Crippen molar-refractivity contribution >= 4 is 5.78 Å². The molecular formula is C10H16O3. The van der Waals surface area contributed by atoms with Crippen molar-refractivity contribution < 1.29 is 14.3 Å². The molecule has 1 heterocycles. The molecule has 2 aliphatic rings. The number of ketones is 1. The maximum absolute atomic E-state index is 11.5. The van der Waals surface area contributed by atoms with E-state index in [2.05, 4.69) is 6.92 Å². The highest BCUT2D eigenvalue weighted by Gasteiger charge is 2.43. The second-order valence-electron chi connectivity index (χ2n) is 3.88. The van der Waals surface area contributed by atoms with E-state index in [9.17, 15) is 4.79 Å². The maximum Gasteiger partial charge on any atom is 0.169 e. The molecule has 13 heavy (non-hydrogen) atoms. The van der Waals surface area contributed by atoms with E-state index >= 15 is 0 Å². The molecule has 1 aliphatic heterocycles. The summed E-state index contributed by atoms with van der Waals surface area (Å²) >= 11 is 0. The zero-order valence-electron chi connectivity index (χ0n) is 8.04. The summed E-state index contributed by atoms with van der Waals surface area (Å²) in [7, 11) is 0. The van der Waals surface area contributed by atoms with Crippen molar-refractivity contribution in [2.24, 2.45) is 5.92 Å². The molecule has 0 amide bonds. The first kappa shape index (κ1) is 9.16. The lowest BCUT2D eigenvalue weighted by molar-refractivity contribution is -0.189. The van der Waals surface area contributed by atoms with E-state index in [0.717, 1.165) is 19.3 Å². The zero-order chi connectivity index (χ0) is 9.31. The molecule has 1 saturated heterocycles. The van der Waals surface area contributed by atoms with Crippen LogP contribution >= 0.6 is 0 Å². The quantitative estimate of drug-likeness (QED) is 0.619. The van der Waals surface area contributed by atoms with Crippen molar-refractivity contribution in [3.05, 3.63) is 0 Å². The number of carbonyl (C=O) groups is 1. The Balaban J connectivity index is 2.05. The maximum atomic E-state index is 11.5. The van der Waals surface area contributed by atoms with Crippen molar-refractivity contribution in [2.45, 2.75) is 38.4 Å². The van der Waals surface area contributed by atoms with Gasteiger partial charge in [0.2, 0.25) is 0 Å². The normalized spacial score (nSPS) is 32.7. The average Bonchev–Trinajstić information content (AvgIpc) is 2.59. The molecule has 3 nitrogen and oxygen atoms in total. The standard InChI is InChI=1S/C10H16O3/c1-2-8-7-10(4-3-9(8)11)12-5-6-13-10/h8H,2-7H2,1H3. The molecule has 0 aromatic rings. The van der Waals surface area contributed by atoms with Gasteiger partial charge in [-0.1, -0.05) is 6.92 Å². The first-order valence-corrected chi connectivity index (χ1v) is 5.06. The van der Waals surface area contributed by atoms with Crippen LogP contribution < -0.4 is 0 Å². The SMILES string of the molecule is CCC1CC2(CCC1=O)OCCO2. The van der Waals surface area contributed by atoms with Crippen molar-refractivity contribution in [3.63, 3.8) is 0 Å². The number of rotatable bonds is 1. The van der Waals surface area contributed by atoms with Crippen molar-refractivity contribution in [1.29, 1.82) is 0 Å². The summed E-state index contributed by atoms with van der Waals surface area (Å²) in [6, 6.07) is 0. The van der Waals surface area contributed by atoms with Gasteiger partial charge in [-0.15, -0.1) is 0 Å². The van der Waals surface area contributed by atoms with Gasteiger partial charge in [-0.3, -0.25) is 4.79 Å². The lowest BCUT2D eigenvalue weighted by atomic mass is 9.82. The zero-order valence-corrected chi connectivity index (χ0v) is 8.04. The summed E-state index contributed by atoms with van der Waals surface area (Å²) in [6.07, 6.45) is 3.05. The van der Waals surface area contributed by atoms with Crippen molar-refractivity contribution in [3.8, 4) is 0 Å². The molecule has 0 aromatic heterocycles. The number of Topliss-reactive ketones (excluding diaryl/α,β-unsaturated/α-hetero) is 1. The largest absolute Gasteiger partial charge is 0.347 e. The summed E-state index contributed by atoms with van der Waals surface area (Å²) in [5, 5.41) is 0. The van der Waals surface area contributed by atoms with Crippen LogP contribution in [-0.4, -0.2) is 24.8 Å². The van der Waals surface area contributed by atoms with Crippen LogP contribution in [0.5, 0.6) is 0 Å². The summed E-state index contributed by atoms with van der Waals surface area (Å²) in [5.41, 5.74) is 0. The monoisotopic (exact) mass is 184 g/mol. The van der Waals surface area contributed by atoms with Gasteiger partial charge in [-0.2, -0.15) is 0 Å². The van der Waals surface area contributed by atoms with E-state index in [-0.39, 0.29) is 5.92 Å². The molecule has 2 fully saturated rings. The highest BCUT2D eigenvalue weighted by atomic mass is 16.7. The number of ether oxygens (including phenoxy) is 2. The van der Waals surface area contributed by atoms with Crippen LogP contribution in [0.25, 0.3) is 0 Å². The number of hydrogen-bond donors (Lipinski definition) is 0. The first-order chi connectivity index (χ1) is 6.26. The fourth-order valence-corrected chi connectivity index (χ4v) is 2.24. The van der Waals surface area contributed by atoms with E-state index in [4.69, 9.17) is 9.47 Å². The Hall–Kier alpha value is -0.410. The molecule has 0 radical (unpaired) electrons. The Morgan fingerprint density at radius 1 is 1.46 bits per heavy atom. The van der Waals surface area contributed by atoms with Gasteiger partial charge >= 0.3 is 0 Å². The van der Waals surface area contributed by atoms with E-state index in [1.54, 1.807) is 0 Å². The van der Waals surface area contributed by atoms with Gasteiger partial charge in [0.05, 0.1) is 13.2 Å². The average molecular weight is 184 g/mol. The van der Waals surface area contributed by atoms with Crippen LogP contribution in [0.2, 0.25) is 0 Å². The lowest BCUT2D eigenvalue weighted by Gasteiger charge is -2.34. The fourth-order valence-electron chi connectivity index (χ4n) is 2.24. The van der Waals surface area contributed by atoms with E-state index in [1.807, 2.05) is 0 Å². The molecule has 1 aliphatic carbocycles. The first-order valence-electron chi connectivity index (χ1n) is 5.06. The van der Waals surface area contributed by atoms with Crippen LogP contribution in [0.4, 0.5) is 0 Å². The Kier molecular flexibility index (Phi) is 2.39. The third-order valence-corrected chi connectivity index (χ3v) is 3.07. The van der Waals surface area contributed by atoms with Crippen LogP contribution in [0.15, 0.2) is 0 Å². The molecule has 74 valence electrons. The molecule has 0 aromatic carbocycles. The lowest BCUT2D eigenvalue weighted by Crippen LogP contribution is -2.40. The summed E-state index contributed by atoms with van der Waals surface area (Å²) < 4.78 is 11.2. The Bertz CT molecular complexity index is 206. The van der Waals surface area contributed by atoms with Crippen molar-refractivity contribution in [1.82, 2.24) is 0 Å². The van der Waals surface area contributed by atoms with Gasteiger partial charge in [0.1, 0.15) is 5.78 Å². The van der Waals surface area contributed by atoms with Gasteiger partial charge in [0.15, 0.2) is 5.79 Å². The molecule has 1 saturated carbocycles. The van der Waals surface area contributed by atoms with E-state index in [1.165, 1.54) is 0 Å². The van der Waals surface area contributed by atoms with Crippen LogP contribution in [0.3, 0.4) is 0 Å². The number of carbonyl (C=O) groups excluding carboxylic acids is 1. The second-order valence-corrected chi connectivity index (χ2v) is 3.88. The molecule has 2 rings (SSSR count). The minimum atomic E-state index is -0.394. The Morgan fingerprint density at radius 3 is 2.77 bits per heavy atom. The van der Waals surface area contributed by atoms with Gasteiger partial charge in [0.25, 0.3) is 0 Å². The molecule has 3 heteroatoms. The Morgan fingerprint density at radius 2 is 2.15 bits per heavy atom. The molecule has 0 bridgehead atoms. The van der Waals surface area contributed by atoms with Crippen LogP contribution in [0, 0.1) is 5.92 Å². The molecule has 1 atom stereocenters. The topological polar surface area (TPSA) is 35.5 Å².